The minimum atomic E-state index is 0.554. The van der Waals surface area contributed by atoms with Crippen molar-refractivity contribution in [3.05, 3.63) is 0 Å². The lowest BCUT2D eigenvalue weighted by atomic mass is 9.91. The summed E-state index contributed by atoms with van der Waals surface area (Å²) in [6, 6.07) is 0. The molecule has 0 fully saturated rings. The second kappa shape index (κ2) is 15.0. The van der Waals surface area contributed by atoms with Gasteiger partial charge in [0.05, 0.1) is 6.61 Å². The van der Waals surface area contributed by atoms with Gasteiger partial charge in [-0.2, -0.15) is 0 Å². The Kier molecular flexibility index (Phi) is 14.7. The fraction of sp³-hybridized carbons (Fsp3) is 0.952. The summed E-state index contributed by atoms with van der Waals surface area (Å²) < 4.78 is 4.77. The van der Waals surface area contributed by atoms with E-state index >= 15 is 0 Å². The van der Waals surface area contributed by atoms with E-state index in [0.717, 1.165) is 24.2 Å². The van der Waals surface area contributed by atoms with E-state index in [1.54, 1.807) is 0 Å². The molecule has 3 unspecified atom stereocenters. The largest absolute Gasteiger partial charge is 0.468 e. The van der Waals surface area contributed by atoms with Gasteiger partial charge in [0.15, 0.2) is 0 Å². The first-order valence-electron chi connectivity index (χ1n) is 10.0. The van der Waals surface area contributed by atoms with Gasteiger partial charge in [0.25, 0.3) is 6.47 Å². The second-order valence-electron chi connectivity index (χ2n) is 8.26. The molecule has 0 aromatic rings. The predicted molar refractivity (Wildman–Crippen MR) is 101 cm³/mol. The van der Waals surface area contributed by atoms with Crippen molar-refractivity contribution in [2.45, 2.75) is 98.8 Å². The second-order valence-corrected chi connectivity index (χ2v) is 8.26. The lowest BCUT2D eigenvalue weighted by Gasteiger charge is -2.16. The van der Waals surface area contributed by atoms with Crippen LogP contribution in [0.3, 0.4) is 0 Å². The van der Waals surface area contributed by atoms with Crippen LogP contribution in [-0.4, -0.2) is 13.1 Å². The van der Waals surface area contributed by atoms with Crippen LogP contribution in [0.15, 0.2) is 0 Å². The monoisotopic (exact) mass is 326 g/mol. The molecule has 0 saturated heterocycles. The van der Waals surface area contributed by atoms with E-state index in [1.807, 2.05) is 0 Å². The average Bonchev–Trinajstić information content (AvgIpc) is 2.47. The van der Waals surface area contributed by atoms with Gasteiger partial charge in [-0.05, 0) is 30.1 Å². The molecule has 3 atom stereocenters. The number of ether oxygens (including phenoxy) is 1. The van der Waals surface area contributed by atoms with Gasteiger partial charge in [-0.1, -0.05) is 92.4 Å². The molecule has 0 aromatic carbocycles. The van der Waals surface area contributed by atoms with Crippen molar-refractivity contribution >= 4 is 6.47 Å². The van der Waals surface area contributed by atoms with Crippen molar-refractivity contribution in [3.8, 4) is 0 Å². The van der Waals surface area contributed by atoms with Crippen molar-refractivity contribution in [2.24, 2.45) is 23.7 Å². The van der Waals surface area contributed by atoms with Gasteiger partial charge < -0.3 is 4.74 Å². The Morgan fingerprint density at radius 1 is 0.652 bits per heavy atom. The van der Waals surface area contributed by atoms with Gasteiger partial charge in [-0.15, -0.1) is 0 Å². The predicted octanol–water partition coefficient (Wildman–Crippen LogP) is 6.62. The van der Waals surface area contributed by atoms with Crippen molar-refractivity contribution in [3.63, 3.8) is 0 Å². The first kappa shape index (κ1) is 22.5. The van der Waals surface area contributed by atoms with Gasteiger partial charge in [0, 0.05) is 0 Å². The Balaban J connectivity index is 3.48. The zero-order chi connectivity index (χ0) is 17.5. The summed E-state index contributed by atoms with van der Waals surface area (Å²) >= 11 is 0. The summed E-state index contributed by atoms with van der Waals surface area (Å²) in [5, 5.41) is 0. The van der Waals surface area contributed by atoms with Crippen LogP contribution in [0.5, 0.6) is 0 Å². The fourth-order valence-corrected chi connectivity index (χ4v) is 3.25. The van der Waals surface area contributed by atoms with Crippen LogP contribution in [0, 0.1) is 23.7 Å². The average molecular weight is 327 g/mol. The maximum Gasteiger partial charge on any atom is 0.293 e. The molecule has 0 aliphatic rings. The summed E-state index contributed by atoms with van der Waals surface area (Å²) in [7, 11) is 0. The van der Waals surface area contributed by atoms with Crippen molar-refractivity contribution in [1.82, 2.24) is 0 Å². The molecule has 0 saturated carbocycles. The molecule has 2 nitrogen and oxygen atoms in total. The fourth-order valence-electron chi connectivity index (χ4n) is 3.25. The number of carbonyl (C=O) groups excluding carboxylic acids is 1. The number of hydrogen-bond donors (Lipinski definition) is 0. The van der Waals surface area contributed by atoms with Crippen LogP contribution in [-0.2, 0) is 9.53 Å². The van der Waals surface area contributed by atoms with Crippen LogP contribution in [0.2, 0.25) is 0 Å². The van der Waals surface area contributed by atoms with Crippen molar-refractivity contribution in [2.75, 3.05) is 6.61 Å². The van der Waals surface area contributed by atoms with E-state index in [1.165, 1.54) is 57.8 Å². The van der Waals surface area contributed by atoms with Crippen LogP contribution in [0.25, 0.3) is 0 Å². The van der Waals surface area contributed by atoms with E-state index in [-0.39, 0.29) is 0 Å². The molecule has 0 bridgehead atoms. The minimum absolute atomic E-state index is 0.554. The van der Waals surface area contributed by atoms with Gasteiger partial charge in [-0.3, -0.25) is 4.79 Å². The summed E-state index contributed by atoms with van der Waals surface area (Å²) in [5.41, 5.74) is 0. The molecule has 0 rings (SSSR count). The van der Waals surface area contributed by atoms with E-state index in [9.17, 15) is 4.79 Å². The summed E-state index contributed by atoms with van der Waals surface area (Å²) in [6.07, 6.45) is 13.3. The first-order chi connectivity index (χ1) is 11.0. The normalized spacial score (nSPS) is 15.4. The van der Waals surface area contributed by atoms with Crippen LogP contribution in [0.1, 0.15) is 98.8 Å². The van der Waals surface area contributed by atoms with E-state index < -0.39 is 0 Å². The third-order valence-corrected chi connectivity index (χ3v) is 5.06. The molecule has 0 aromatic heterocycles. The molecule has 0 N–H and O–H groups in total. The van der Waals surface area contributed by atoms with Gasteiger partial charge in [-0.25, -0.2) is 0 Å². The van der Waals surface area contributed by atoms with Crippen molar-refractivity contribution < 1.29 is 9.53 Å². The standard InChI is InChI=1S/C21H42O2/c1-18(2)9-6-10-19(3)11-7-12-20(4)13-8-14-21(5)15-16-23-17-22/h17-21H,6-16H2,1-5H3. The molecule has 0 amide bonds. The molecular formula is C21H42O2. The first-order valence-corrected chi connectivity index (χ1v) is 10.0. The summed E-state index contributed by atoms with van der Waals surface area (Å²) in [5.74, 6) is 3.29. The Morgan fingerprint density at radius 3 is 1.43 bits per heavy atom. The number of carbonyl (C=O) groups is 1. The Morgan fingerprint density at radius 2 is 1.04 bits per heavy atom. The van der Waals surface area contributed by atoms with Gasteiger partial charge in [0.1, 0.15) is 0 Å². The molecule has 138 valence electrons. The van der Waals surface area contributed by atoms with Crippen molar-refractivity contribution in [1.29, 1.82) is 0 Å². The topological polar surface area (TPSA) is 26.3 Å². The highest BCUT2D eigenvalue weighted by Gasteiger charge is 2.08. The van der Waals surface area contributed by atoms with E-state index in [4.69, 9.17) is 4.74 Å². The SMILES string of the molecule is CC(C)CCCC(C)CCCC(C)CCCC(C)CCOC=O. The third kappa shape index (κ3) is 16.1. The third-order valence-electron chi connectivity index (χ3n) is 5.06. The number of hydrogen-bond acceptors (Lipinski definition) is 2. The maximum absolute atomic E-state index is 10.1. The van der Waals surface area contributed by atoms with Gasteiger partial charge >= 0.3 is 0 Å². The maximum atomic E-state index is 10.1. The molecule has 0 radical (unpaired) electrons. The molecule has 2 heteroatoms. The Hall–Kier alpha value is -0.530. The smallest absolute Gasteiger partial charge is 0.293 e. The Labute approximate surface area is 145 Å². The molecule has 0 heterocycles. The molecule has 23 heavy (non-hydrogen) atoms. The highest BCUT2D eigenvalue weighted by atomic mass is 16.5. The summed E-state index contributed by atoms with van der Waals surface area (Å²) in [4.78, 5) is 10.1. The summed E-state index contributed by atoms with van der Waals surface area (Å²) in [6.45, 7) is 12.9. The zero-order valence-electron chi connectivity index (χ0n) is 16.5. The van der Waals surface area contributed by atoms with E-state index in [2.05, 4.69) is 34.6 Å². The zero-order valence-corrected chi connectivity index (χ0v) is 16.5. The van der Waals surface area contributed by atoms with E-state index in [0.29, 0.717) is 19.0 Å². The molecule has 0 aliphatic carbocycles. The molecular weight excluding hydrogens is 284 g/mol. The lowest BCUT2D eigenvalue weighted by molar-refractivity contribution is -0.129. The highest BCUT2D eigenvalue weighted by Crippen LogP contribution is 2.22. The van der Waals surface area contributed by atoms with Gasteiger partial charge in [0.2, 0.25) is 0 Å². The number of rotatable bonds is 16. The van der Waals surface area contributed by atoms with Crippen LogP contribution < -0.4 is 0 Å². The molecule has 0 aliphatic heterocycles. The quantitative estimate of drug-likeness (QED) is 0.235. The lowest BCUT2D eigenvalue weighted by Crippen LogP contribution is -2.03. The van der Waals surface area contributed by atoms with Crippen LogP contribution in [0.4, 0.5) is 0 Å². The molecule has 0 spiro atoms. The Bertz CT molecular complexity index is 263. The van der Waals surface area contributed by atoms with Crippen LogP contribution >= 0.6 is 0 Å². The highest BCUT2D eigenvalue weighted by molar-refractivity contribution is 5.36. The minimum Gasteiger partial charge on any atom is -0.468 e.